The summed E-state index contributed by atoms with van der Waals surface area (Å²) < 4.78 is 14.5. The first-order valence-corrected chi connectivity index (χ1v) is 51.7. The largest absolute Gasteiger partial charge is 0.309 e. The Bertz CT molecular complexity index is 10900. The molecule has 0 unspecified atom stereocenters. The Labute approximate surface area is 861 Å². The van der Waals surface area contributed by atoms with Crippen molar-refractivity contribution in [1.29, 1.82) is 0 Å². The van der Waals surface area contributed by atoms with Gasteiger partial charge in [0.25, 0.3) is 0 Å². The topological polar surface area (TPSA) is 42.5 Å². The summed E-state index contributed by atoms with van der Waals surface area (Å²) in [5.41, 5.74) is 28.6. The van der Waals surface area contributed by atoms with E-state index in [-0.39, 0.29) is 0 Å². The van der Waals surface area contributed by atoms with E-state index in [4.69, 9.17) is 0 Å². The maximum absolute atomic E-state index is 4.29. The second-order valence-corrected chi connectivity index (χ2v) is 39.8. The highest BCUT2D eigenvalue weighted by molar-refractivity contribution is 6.30. The van der Waals surface area contributed by atoms with Crippen LogP contribution in [0.25, 0.3) is 295 Å². The van der Waals surface area contributed by atoms with Gasteiger partial charge >= 0.3 is 0 Å². The Kier molecular flexibility index (Phi) is 19.1. The lowest BCUT2D eigenvalue weighted by Gasteiger charge is -2.14. The van der Waals surface area contributed by atoms with Gasteiger partial charge in [0.2, 0.25) is 0 Å². The molecule has 33 aromatic rings. The van der Waals surface area contributed by atoms with Crippen LogP contribution in [0.5, 0.6) is 0 Å². The van der Waals surface area contributed by atoms with Gasteiger partial charge in [-0.05, 0) is 282 Å². The molecule has 0 aliphatic carbocycles. The smallest absolute Gasteiger partial charge is 0.0547 e. The summed E-state index contributed by atoms with van der Waals surface area (Å²) in [5.74, 6) is 0. The summed E-state index contributed by atoms with van der Waals surface area (Å²) in [5, 5.41) is 38.3. The molecule has 0 saturated carbocycles. The van der Waals surface area contributed by atoms with Crippen LogP contribution in [-0.4, -0.2) is 32.4 Å². The zero-order valence-corrected chi connectivity index (χ0v) is 81.5. The molecule has 0 aliphatic rings. The number of aromatic nitrogens is 7. The van der Waals surface area contributed by atoms with Crippen molar-refractivity contribution in [2.45, 2.75) is 0 Å². The van der Waals surface area contributed by atoms with E-state index in [1.807, 2.05) is 12.4 Å². The summed E-state index contributed by atoms with van der Waals surface area (Å²) in [4.78, 5) is 4.29. The van der Waals surface area contributed by atoms with E-state index in [1.54, 1.807) is 0 Å². The van der Waals surface area contributed by atoms with E-state index in [9.17, 15) is 0 Å². The fourth-order valence-corrected chi connectivity index (χ4v) is 25.3. The van der Waals surface area contributed by atoms with Gasteiger partial charge in [-0.3, -0.25) is 4.98 Å². The van der Waals surface area contributed by atoms with E-state index < -0.39 is 0 Å². The highest BCUT2D eigenvalue weighted by Gasteiger charge is 2.25. The number of hydrogen-bond donors (Lipinski definition) is 0. The molecule has 7 heteroatoms. The maximum Gasteiger partial charge on any atom is 0.0547 e. The van der Waals surface area contributed by atoms with Crippen LogP contribution in [0.3, 0.4) is 0 Å². The van der Waals surface area contributed by atoms with Crippen molar-refractivity contribution in [1.82, 2.24) is 32.4 Å². The van der Waals surface area contributed by atoms with Crippen molar-refractivity contribution in [3.05, 3.63) is 540 Å². The summed E-state index contributed by atoms with van der Waals surface area (Å²) in [6, 6.07) is 194. The molecule has 696 valence electrons. The third-order valence-electron chi connectivity index (χ3n) is 31.9. The van der Waals surface area contributed by atoms with E-state index in [0.717, 1.165) is 11.4 Å². The summed E-state index contributed by atoms with van der Waals surface area (Å²) in [6.07, 6.45) is 3.73. The summed E-state index contributed by atoms with van der Waals surface area (Å²) >= 11 is 0. The van der Waals surface area contributed by atoms with Crippen molar-refractivity contribution >= 4 is 228 Å². The number of fused-ring (bicyclic) bond motifs is 36. The first-order chi connectivity index (χ1) is 74.4. The minimum absolute atomic E-state index is 1.11. The average molecular weight is 1910 g/mol. The Morgan fingerprint density at radius 3 is 0.520 bits per heavy atom. The van der Waals surface area contributed by atoms with Gasteiger partial charge < -0.3 is 27.4 Å². The number of para-hydroxylation sites is 8. The number of rotatable bonds is 9. The van der Waals surface area contributed by atoms with Crippen molar-refractivity contribution in [2.75, 3.05) is 0 Å². The molecule has 0 amide bonds. The lowest BCUT2D eigenvalue weighted by atomic mass is 9.94. The molecule has 7 nitrogen and oxygen atoms in total. The van der Waals surface area contributed by atoms with Gasteiger partial charge in [0, 0.05) is 111 Å². The third-order valence-corrected chi connectivity index (χ3v) is 31.9. The third kappa shape index (κ3) is 13.1. The lowest BCUT2D eigenvalue weighted by molar-refractivity contribution is 1.16. The molecule has 33 rings (SSSR count). The molecule has 0 N–H and O–H groups in total. The summed E-state index contributed by atoms with van der Waals surface area (Å²) in [7, 11) is 0. The molecule has 0 aliphatic heterocycles. The van der Waals surface area contributed by atoms with Gasteiger partial charge in [-0.2, -0.15) is 0 Å². The Hall–Kier alpha value is -20.0. The van der Waals surface area contributed by atoms with E-state index in [0.29, 0.717) is 0 Å². The monoisotopic (exact) mass is 1900 g/mol. The molecule has 0 fully saturated rings. The number of pyridine rings is 1. The number of benzene rings is 26. The highest BCUT2D eigenvalue weighted by atomic mass is 15.0. The quantitative estimate of drug-likeness (QED) is 0.133. The molecular weight excluding hydrogens is 1820 g/mol. The van der Waals surface area contributed by atoms with Gasteiger partial charge in [-0.1, -0.05) is 376 Å². The van der Waals surface area contributed by atoms with Crippen LogP contribution in [0, 0.1) is 0 Å². The van der Waals surface area contributed by atoms with Crippen LogP contribution < -0.4 is 0 Å². The van der Waals surface area contributed by atoms with Crippen molar-refractivity contribution < 1.29 is 0 Å². The van der Waals surface area contributed by atoms with Crippen LogP contribution in [0.1, 0.15) is 0 Å². The second kappa shape index (κ2) is 33.8. The molecule has 0 bridgehead atoms. The van der Waals surface area contributed by atoms with Crippen molar-refractivity contribution in [3.8, 4) is 67.5 Å². The van der Waals surface area contributed by atoms with Crippen molar-refractivity contribution in [3.63, 3.8) is 0 Å². The first kappa shape index (κ1) is 84.5. The molecule has 7 aromatic heterocycles. The lowest BCUT2D eigenvalue weighted by Crippen LogP contribution is -1.95. The van der Waals surface area contributed by atoms with E-state index in [2.05, 4.69) is 560 Å². The Balaban J connectivity index is 0.000000101. The molecule has 150 heavy (non-hydrogen) atoms. The Morgan fingerprint density at radius 1 is 0.0933 bits per heavy atom. The predicted octanol–water partition coefficient (Wildman–Crippen LogP) is 38.4. The Morgan fingerprint density at radius 2 is 0.260 bits per heavy atom. The van der Waals surface area contributed by atoms with Gasteiger partial charge in [0.05, 0.1) is 66.2 Å². The fourth-order valence-electron chi connectivity index (χ4n) is 25.3. The molecule has 0 atom stereocenters. The van der Waals surface area contributed by atoms with E-state index >= 15 is 0 Å². The predicted molar refractivity (Wildman–Crippen MR) is 637 cm³/mol. The van der Waals surface area contributed by atoms with Gasteiger partial charge in [0.1, 0.15) is 0 Å². The molecule has 0 radical (unpaired) electrons. The molecule has 26 aromatic carbocycles. The first-order valence-electron chi connectivity index (χ1n) is 51.7. The number of nitrogens with zero attached hydrogens (tertiary/aromatic N) is 7. The fraction of sp³-hybridized carbons (Fsp3) is 0. The van der Waals surface area contributed by atoms with Crippen LogP contribution in [0.15, 0.2) is 540 Å². The summed E-state index contributed by atoms with van der Waals surface area (Å²) in [6.45, 7) is 0. The van der Waals surface area contributed by atoms with Crippen molar-refractivity contribution in [2.24, 2.45) is 0 Å². The number of hydrogen-bond acceptors (Lipinski definition) is 1. The van der Waals surface area contributed by atoms with Gasteiger partial charge in [-0.25, -0.2) is 0 Å². The normalized spacial score (nSPS) is 12.0. The molecular formula is C143H89N7. The second-order valence-electron chi connectivity index (χ2n) is 39.8. The van der Waals surface area contributed by atoms with Crippen LogP contribution >= 0.6 is 0 Å². The van der Waals surface area contributed by atoms with Crippen LogP contribution in [0.2, 0.25) is 0 Å². The standard InChI is InChI=1S/2C48H30N2.C47H29N3/c1-2-12-33(13-3-1)49-45-20-10-8-18-40(45)42-25-22-32(29-48(42)49)31-23-27-47-44(28-31)41-19-9-11-21-46(41)50(47)34-24-26-39-37-16-5-4-14-35(37)36-15-6-7-17-38(36)43(39)30-34;1-2-12-33(13-3-1)49-45-20-10-8-18-40(45)42-25-22-31(28-47(42)49)32-23-26-43-41-19-9-11-21-46(41)50(48(43)29-32)34-24-27-39-37-16-5-4-14-35(37)36-15-6-7-17-38(36)44(39)30-34;1-2-11-36-34(9-1)35-10-3-4-12-37(35)43-29-33(19-22-38(36)43)50-45-16-8-6-14-40(45)42-21-18-31(28-47(42)50)30-17-20-41-39-13-5-7-15-44(39)49(46(41)27-30)32-23-25-48-26-24-32/h2*1-30H;1-29H. The van der Waals surface area contributed by atoms with E-state index in [1.165, 1.54) is 284 Å². The van der Waals surface area contributed by atoms with Gasteiger partial charge in [-0.15, -0.1) is 0 Å². The maximum atomic E-state index is 4.29. The van der Waals surface area contributed by atoms with Crippen LogP contribution in [-0.2, 0) is 0 Å². The molecule has 7 heterocycles. The van der Waals surface area contributed by atoms with Crippen LogP contribution in [0.4, 0.5) is 0 Å². The SMILES string of the molecule is c1ccc(-n2c3ccccc3c3ccc(-c4ccc5c(c4)c4ccccc4n5-c4ccc5c6ccccc6c6ccccc6c5c4)cc32)cc1.c1ccc(-n2c3ccccc3c3ccc(-c4ccc5c6ccccc6n(-c6ccc7c8ccccc8c8ccccc8c7c6)c5c4)cc32)cc1.c1ccc2c(c1)c1ccccc1c1cc(-n3c4ccccc4c4ccc(-c5ccc6c7ccccc7n(-c7ccncc7)c6c5)cc43)ccc21. The van der Waals surface area contributed by atoms with Gasteiger partial charge in [0.15, 0.2) is 0 Å². The average Bonchev–Trinajstić information content (AvgIpc) is 1.49. The highest BCUT2D eigenvalue weighted by Crippen LogP contribution is 2.48. The minimum atomic E-state index is 1.11. The molecule has 0 saturated heterocycles. The zero-order valence-electron chi connectivity index (χ0n) is 81.5. The zero-order chi connectivity index (χ0) is 98.3. The molecule has 0 spiro atoms. The minimum Gasteiger partial charge on any atom is -0.309 e.